The summed E-state index contributed by atoms with van der Waals surface area (Å²) >= 11 is 5.53. The summed E-state index contributed by atoms with van der Waals surface area (Å²) in [6.07, 6.45) is -0.296. The van der Waals surface area contributed by atoms with Gasteiger partial charge in [-0.3, -0.25) is 0 Å². The molecule has 1 amide bonds. The van der Waals surface area contributed by atoms with E-state index in [1.807, 2.05) is 61.5 Å². The van der Waals surface area contributed by atoms with Gasteiger partial charge in [-0.15, -0.1) is 11.6 Å². The molecular formula is C27H27ClN4O3. The van der Waals surface area contributed by atoms with Crippen LogP contribution in [0.1, 0.15) is 17.5 Å². The minimum Gasteiger partial charge on any atom is -0.507 e. The largest absolute Gasteiger partial charge is 0.507 e. The highest BCUT2D eigenvalue weighted by Gasteiger charge is 2.27. The smallest absolute Gasteiger partial charge is 0.404 e. The zero-order valence-electron chi connectivity index (χ0n) is 19.4. The number of alkyl halides is 1. The fourth-order valence-electron chi connectivity index (χ4n) is 4.06. The average Bonchev–Trinajstić information content (AvgIpc) is 3.32. The predicted octanol–water partition coefficient (Wildman–Crippen LogP) is 5.58. The summed E-state index contributed by atoms with van der Waals surface area (Å²) in [7, 11) is 0. The molecule has 1 aromatic heterocycles. The van der Waals surface area contributed by atoms with Crippen molar-refractivity contribution in [3.05, 3.63) is 83.9 Å². The third-order valence-corrected chi connectivity index (χ3v) is 6.10. The van der Waals surface area contributed by atoms with Crippen LogP contribution in [0.3, 0.4) is 0 Å². The lowest BCUT2D eigenvalue weighted by Crippen LogP contribution is -2.36. The molecule has 0 radical (unpaired) electrons. The van der Waals surface area contributed by atoms with Crippen molar-refractivity contribution < 1.29 is 15.0 Å². The first-order valence-electron chi connectivity index (χ1n) is 11.4. The molecule has 0 saturated carbocycles. The first kappa shape index (κ1) is 24.3. The zero-order chi connectivity index (χ0) is 24.8. The Morgan fingerprint density at radius 2 is 1.83 bits per heavy atom. The molecule has 35 heavy (non-hydrogen) atoms. The third kappa shape index (κ3) is 6.00. The third-order valence-electron chi connectivity index (χ3n) is 5.79. The molecule has 7 nitrogen and oxygen atoms in total. The molecule has 1 aliphatic heterocycles. The number of aromatic nitrogens is 2. The fourth-order valence-corrected chi connectivity index (χ4v) is 4.24. The van der Waals surface area contributed by atoms with Crippen LogP contribution >= 0.6 is 11.6 Å². The number of anilines is 1. The highest BCUT2D eigenvalue weighted by molar-refractivity contribution is 6.17. The maximum atomic E-state index is 10.9. The van der Waals surface area contributed by atoms with Gasteiger partial charge in [0, 0.05) is 24.4 Å². The lowest BCUT2D eigenvalue weighted by molar-refractivity contribution is 0.191. The second kappa shape index (κ2) is 11.1. The molecule has 3 N–H and O–H groups in total. The summed E-state index contributed by atoms with van der Waals surface area (Å²) < 4.78 is 0. The molecule has 3 aromatic carbocycles. The Balaban J connectivity index is 0.000000308. The van der Waals surface area contributed by atoms with Crippen LogP contribution < -0.4 is 10.2 Å². The quantitative estimate of drug-likeness (QED) is 0.323. The second-order valence-electron chi connectivity index (χ2n) is 8.41. The van der Waals surface area contributed by atoms with Gasteiger partial charge in [-0.05, 0) is 48.7 Å². The molecule has 5 rings (SSSR count). The van der Waals surface area contributed by atoms with Gasteiger partial charge in [-0.25, -0.2) is 14.8 Å². The van der Waals surface area contributed by atoms with Gasteiger partial charge in [0.2, 0.25) is 0 Å². The van der Waals surface area contributed by atoms with Crippen molar-refractivity contribution in [2.75, 3.05) is 18.0 Å². The number of benzene rings is 3. The van der Waals surface area contributed by atoms with Gasteiger partial charge in [0.15, 0.2) is 5.82 Å². The lowest BCUT2D eigenvalue weighted by atomic mass is 10.1. The molecule has 0 aliphatic carbocycles. The predicted molar refractivity (Wildman–Crippen MR) is 139 cm³/mol. The molecule has 2 heterocycles. The van der Waals surface area contributed by atoms with Gasteiger partial charge in [0.25, 0.3) is 0 Å². The van der Waals surface area contributed by atoms with Gasteiger partial charge in [0.1, 0.15) is 11.6 Å². The monoisotopic (exact) mass is 490 g/mol. The Bertz CT molecular complexity index is 1320. The van der Waals surface area contributed by atoms with Crippen molar-refractivity contribution in [2.45, 2.75) is 25.3 Å². The van der Waals surface area contributed by atoms with Gasteiger partial charge >= 0.3 is 6.09 Å². The van der Waals surface area contributed by atoms with Gasteiger partial charge in [-0.2, -0.15) is 0 Å². The van der Waals surface area contributed by atoms with Crippen LogP contribution in [0.25, 0.3) is 22.3 Å². The van der Waals surface area contributed by atoms with E-state index in [2.05, 4.69) is 15.2 Å². The minimum atomic E-state index is -1.01. The molecule has 1 saturated heterocycles. The van der Waals surface area contributed by atoms with Crippen LogP contribution in [-0.2, 0) is 5.88 Å². The Labute approximate surface area is 209 Å². The van der Waals surface area contributed by atoms with Crippen LogP contribution in [0.15, 0.2) is 72.8 Å². The molecule has 0 unspecified atom stereocenters. The van der Waals surface area contributed by atoms with Crippen LogP contribution in [0.2, 0.25) is 0 Å². The van der Waals surface area contributed by atoms with Crippen molar-refractivity contribution in [1.29, 1.82) is 0 Å². The number of amides is 1. The number of aromatic hydroxyl groups is 1. The Morgan fingerprint density at radius 3 is 2.51 bits per heavy atom. The molecule has 1 aliphatic rings. The molecule has 4 aromatic rings. The summed E-state index contributed by atoms with van der Waals surface area (Å²) in [6.45, 7) is 3.25. The molecule has 1 atom stereocenters. The number of aryl methyl sites for hydroxylation is 1. The summed E-state index contributed by atoms with van der Waals surface area (Å²) in [5.74, 6) is 1.95. The van der Waals surface area contributed by atoms with E-state index in [9.17, 15) is 9.90 Å². The normalized spacial score (nSPS) is 14.9. The maximum Gasteiger partial charge on any atom is 0.404 e. The molecule has 0 spiro atoms. The van der Waals surface area contributed by atoms with Gasteiger partial charge in [-0.1, -0.05) is 48.5 Å². The summed E-state index contributed by atoms with van der Waals surface area (Å²) in [6, 6.07) is 22.8. The first-order valence-corrected chi connectivity index (χ1v) is 11.9. The number of nitrogens with zero attached hydrogens (tertiary/aromatic N) is 3. The second-order valence-corrected chi connectivity index (χ2v) is 8.68. The Morgan fingerprint density at radius 1 is 1.09 bits per heavy atom. The summed E-state index contributed by atoms with van der Waals surface area (Å²) in [5.41, 5.74) is 3.63. The van der Waals surface area contributed by atoms with Crippen molar-refractivity contribution in [3.8, 4) is 17.1 Å². The van der Waals surface area contributed by atoms with Crippen molar-refractivity contribution >= 4 is 34.4 Å². The van der Waals surface area contributed by atoms with E-state index < -0.39 is 6.09 Å². The van der Waals surface area contributed by atoms with E-state index in [1.165, 1.54) is 5.56 Å². The number of fused-ring (bicyclic) bond motifs is 1. The number of phenols is 1. The van der Waals surface area contributed by atoms with Crippen molar-refractivity contribution in [1.82, 2.24) is 15.3 Å². The van der Waals surface area contributed by atoms with E-state index in [0.717, 1.165) is 28.7 Å². The number of para-hydroxylation sites is 1. The fraction of sp³-hybridized carbons (Fsp3) is 0.222. The molecular weight excluding hydrogens is 464 g/mol. The Kier molecular flexibility index (Phi) is 7.67. The molecule has 8 heteroatoms. The van der Waals surface area contributed by atoms with Crippen LogP contribution in [0.5, 0.6) is 5.75 Å². The number of halogens is 1. The van der Waals surface area contributed by atoms with E-state index in [1.54, 1.807) is 18.2 Å². The first-order chi connectivity index (χ1) is 16.9. The number of hydrogen-bond donors (Lipinski definition) is 3. The summed E-state index contributed by atoms with van der Waals surface area (Å²) in [5, 5.41) is 22.7. The molecule has 180 valence electrons. The number of nitrogens with one attached hydrogen (secondary N) is 1. The number of carbonyl (C=O) groups is 1. The minimum absolute atomic E-state index is 0.127. The lowest BCUT2D eigenvalue weighted by Gasteiger charge is -2.20. The Hall–Kier alpha value is -3.84. The van der Waals surface area contributed by atoms with Crippen LogP contribution in [-0.4, -0.2) is 45.4 Å². The summed E-state index contributed by atoms with van der Waals surface area (Å²) in [4.78, 5) is 22.4. The number of carboxylic acid groups (broad SMARTS) is 1. The van der Waals surface area contributed by atoms with Crippen LogP contribution in [0, 0.1) is 6.92 Å². The number of hydrogen-bond acceptors (Lipinski definition) is 5. The number of rotatable bonds is 4. The highest BCUT2D eigenvalue weighted by Crippen LogP contribution is 2.33. The van der Waals surface area contributed by atoms with Crippen LogP contribution in [0.4, 0.5) is 10.6 Å². The van der Waals surface area contributed by atoms with E-state index >= 15 is 0 Å². The number of phenolic OH excluding ortho intramolecular Hbond substituents is 1. The van der Waals surface area contributed by atoms with Crippen molar-refractivity contribution in [3.63, 3.8) is 0 Å². The van der Waals surface area contributed by atoms with E-state index in [-0.39, 0.29) is 11.8 Å². The SMILES string of the molecule is Cc1ccc2c(N3CC[C@@H](NC(=O)O)C3)nc(-c3ccccc3O)nc2c1.ClCc1ccccc1. The zero-order valence-corrected chi connectivity index (χ0v) is 20.1. The van der Waals surface area contributed by atoms with E-state index in [4.69, 9.17) is 21.7 Å². The molecule has 0 bridgehead atoms. The maximum absolute atomic E-state index is 10.9. The topological polar surface area (TPSA) is 98.6 Å². The van der Waals surface area contributed by atoms with Crippen molar-refractivity contribution in [2.24, 2.45) is 0 Å². The van der Waals surface area contributed by atoms with Gasteiger partial charge < -0.3 is 20.4 Å². The van der Waals surface area contributed by atoms with Gasteiger partial charge in [0.05, 0.1) is 17.1 Å². The van der Waals surface area contributed by atoms with E-state index in [0.29, 0.717) is 30.4 Å². The average molecular weight is 491 g/mol. The standard InChI is InChI=1S/C20H20N4O3.C7H7Cl/c1-12-6-7-14-16(10-12)22-18(15-4-2-3-5-17(15)25)23-19(14)24-9-8-13(11-24)21-20(26)27;8-6-7-4-2-1-3-5-7/h2-7,10,13,21,25H,8-9,11H2,1H3,(H,26,27);1-5H,6H2/t13-;/m1./s1. The highest BCUT2D eigenvalue weighted by atomic mass is 35.5. The molecule has 1 fully saturated rings.